The van der Waals surface area contributed by atoms with Crippen molar-refractivity contribution < 1.29 is 19.9 Å². The lowest BCUT2D eigenvalue weighted by Crippen LogP contribution is -2.58. The highest BCUT2D eigenvalue weighted by atomic mass is 17.5. The van der Waals surface area contributed by atoms with E-state index in [1.165, 1.54) is 32.1 Å². The molecule has 0 aromatic heterocycles. The Bertz CT molecular complexity index is 538. The predicted octanol–water partition coefficient (Wildman–Crippen LogP) is 4.59. The van der Waals surface area contributed by atoms with Gasteiger partial charge in [-0.15, -0.1) is 0 Å². The summed E-state index contributed by atoms with van der Waals surface area (Å²) in [5.74, 6) is 3.44. The molecule has 4 aliphatic carbocycles. The quantitative estimate of drug-likeness (QED) is 0.455. The highest BCUT2D eigenvalue weighted by Crippen LogP contribution is 2.73. The van der Waals surface area contributed by atoms with Crippen LogP contribution in [-0.2, 0) is 14.7 Å². The third-order valence-electron chi connectivity index (χ3n) is 9.69. The first-order valence-corrected chi connectivity index (χ1v) is 10.1. The summed E-state index contributed by atoms with van der Waals surface area (Å²) in [5, 5.41) is 12.6. The van der Waals surface area contributed by atoms with Gasteiger partial charge in [-0.25, -0.2) is 10.1 Å². The highest BCUT2D eigenvalue weighted by Gasteiger charge is 2.76. The van der Waals surface area contributed by atoms with Crippen LogP contribution < -0.4 is 0 Å². The number of epoxide rings is 1. The van der Waals surface area contributed by atoms with Gasteiger partial charge in [-0.1, -0.05) is 25.8 Å². The number of rotatable bonds is 2. The Morgan fingerprint density at radius 1 is 1.04 bits per heavy atom. The number of hydrogen-bond acceptors (Lipinski definition) is 4. The van der Waals surface area contributed by atoms with E-state index in [1.807, 2.05) is 0 Å². The molecular formula is C20H32O4. The molecule has 4 nitrogen and oxygen atoms in total. The van der Waals surface area contributed by atoms with Gasteiger partial charge in [-0.3, -0.25) is 0 Å². The first kappa shape index (κ1) is 16.0. The van der Waals surface area contributed by atoms with Gasteiger partial charge in [-0.05, 0) is 74.0 Å². The van der Waals surface area contributed by atoms with Crippen molar-refractivity contribution in [2.45, 2.75) is 89.9 Å². The summed E-state index contributed by atoms with van der Waals surface area (Å²) >= 11 is 0. The maximum atomic E-state index is 8.66. The zero-order chi connectivity index (χ0) is 16.7. The van der Waals surface area contributed by atoms with Crippen LogP contribution in [0.4, 0.5) is 0 Å². The predicted molar refractivity (Wildman–Crippen MR) is 89.0 cm³/mol. The van der Waals surface area contributed by atoms with Gasteiger partial charge in [0.25, 0.3) is 0 Å². The molecule has 1 saturated heterocycles. The fraction of sp³-hybridized carbons (Fsp3) is 1.00. The molecule has 1 heterocycles. The number of ether oxygens (including phenoxy) is 1. The number of fused-ring (bicyclic) bond motifs is 4. The van der Waals surface area contributed by atoms with Crippen molar-refractivity contribution in [3.8, 4) is 0 Å². The van der Waals surface area contributed by atoms with Gasteiger partial charge in [-0.2, -0.15) is 0 Å². The van der Waals surface area contributed by atoms with E-state index < -0.39 is 0 Å². The Morgan fingerprint density at radius 3 is 2.67 bits per heavy atom. The molecule has 0 radical (unpaired) electrons. The molecular weight excluding hydrogens is 304 g/mol. The van der Waals surface area contributed by atoms with E-state index in [2.05, 4.69) is 25.8 Å². The Morgan fingerprint density at radius 2 is 1.88 bits per heavy atom. The molecule has 9 atom stereocenters. The van der Waals surface area contributed by atoms with E-state index in [-0.39, 0.29) is 17.1 Å². The molecule has 5 aliphatic rings. The summed E-state index contributed by atoms with van der Waals surface area (Å²) in [5.41, 5.74) is 0.841. The monoisotopic (exact) mass is 336 g/mol. The zero-order valence-electron chi connectivity index (χ0n) is 15.3. The minimum atomic E-state index is -0.0232. The van der Waals surface area contributed by atoms with Crippen LogP contribution in [0.2, 0.25) is 0 Å². The Hall–Kier alpha value is -0.160. The fourth-order valence-electron chi connectivity index (χ4n) is 8.05. The maximum absolute atomic E-state index is 8.66. The van der Waals surface area contributed by atoms with E-state index in [1.54, 1.807) is 0 Å². The lowest BCUT2D eigenvalue weighted by Gasteiger charge is -2.59. The van der Waals surface area contributed by atoms with E-state index in [9.17, 15) is 0 Å². The van der Waals surface area contributed by atoms with E-state index in [0.29, 0.717) is 11.5 Å². The van der Waals surface area contributed by atoms with E-state index in [0.717, 1.165) is 42.9 Å². The molecule has 5 rings (SSSR count). The van der Waals surface area contributed by atoms with Crippen LogP contribution in [0.3, 0.4) is 0 Å². The van der Waals surface area contributed by atoms with Gasteiger partial charge in [0.05, 0.1) is 12.2 Å². The lowest BCUT2D eigenvalue weighted by atomic mass is 9.44. The molecule has 136 valence electrons. The molecule has 1 spiro atoms. The van der Waals surface area contributed by atoms with Crippen LogP contribution in [0, 0.1) is 34.5 Å². The van der Waals surface area contributed by atoms with Crippen LogP contribution >= 0.6 is 0 Å². The van der Waals surface area contributed by atoms with Crippen molar-refractivity contribution in [1.82, 2.24) is 0 Å². The molecule has 1 aliphatic heterocycles. The highest BCUT2D eigenvalue weighted by molar-refractivity contribution is 5.24. The average Bonchev–Trinajstić information content (AvgIpc) is 3.16. The summed E-state index contributed by atoms with van der Waals surface area (Å²) < 4.78 is 6.43. The summed E-state index contributed by atoms with van der Waals surface area (Å²) in [4.78, 5) is 5.08. The molecule has 3 unspecified atom stereocenters. The van der Waals surface area contributed by atoms with Gasteiger partial charge in [0.2, 0.25) is 0 Å². The second-order valence-electron chi connectivity index (χ2n) is 10.1. The summed E-state index contributed by atoms with van der Waals surface area (Å²) in [6, 6.07) is 0. The zero-order valence-corrected chi connectivity index (χ0v) is 15.3. The van der Waals surface area contributed by atoms with Gasteiger partial charge in [0.15, 0.2) is 0 Å². The molecule has 4 heteroatoms. The summed E-state index contributed by atoms with van der Waals surface area (Å²) in [6.45, 7) is 7.56. The van der Waals surface area contributed by atoms with Crippen molar-refractivity contribution in [1.29, 1.82) is 0 Å². The van der Waals surface area contributed by atoms with Crippen molar-refractivity contribution in [2.75, 3.05) is 0 Å². The first-order chi connectivity index (χ1) is 11.4. The molecule has 1 N–H and O–H groups in total. The van der Waals surface area contributed by atoms with E-state index in [4.69, 9.17) is 14.9 Å². The van der Waals surface area contributed by atoms with Crippen molar-refractivity contribution in [2.24, 2.45) is 34.5 Å². The Kier molecular flexibility index (Phi) is 3.32. The lowest BCUT2D eigenvalue weighted by molar-refractivity contribution is -0.509. The van der Waals surface area contributed by atoms with Crippen molar-refractivity contribution in [3.63, 3.8) is 0 Å². The average molecular weight is 336 g/mol. The van der Waals surface area contributed by atoms with Crippen LogP contribution in [-0.4, -0.2) is 23.1 Å². The topological polar surface area (TPSA) is 51.2 Å². The van der Waals surface area contributed by atoms with Crippen LogP contribution in [0.15, 0.2) is 0 Å². The third-order valence-corrected chi connectivity index (χ3v) is 9.69. The normalized spacial score (nSPS) is 61.5. The first-order valence-electron chi connectivity index (χ1n) is 10.1. The molecule has 0 bridgehead atoms. The van der Waals surface area contributed by atoms with Gasteiger partial charge in [0, 0.05) is 11.8 Å². The molecule has 5 fully saturated rings. The van der Waals surface area contributed by atoms with Crippen LogP contribution in [0.1, 0.15) is 72.1 Å². The summed E-state index contributed by atoms with van der Waals surface area (Å²) in [6.07, 6.45) is 10.2. The number of hydrogen-bond donors (Lipinski definition) is 1. The van der Waals surface area contributed by atoms with Gasteiger partial charge < -0.3 is 4.74 Å². The SMILES string of the molecule is C[C@H]1CCC2C3C[C@H]4O[C@]45C[C@@H](OOO)CC[C@]5(C)C3CC[C@@]21C. The Labute approximate surface area is 145 Å². The summed E-state index contributed by atoms with van der Waals surface area (Å²) in [7, 11) is 0. The molecule has 0 aromatic rings. The van der Waals surface area contributed by atoms with Crippen molar-refractivity contribution in [3.05, 3.63) is 0 Å². The smallest absolute Gasteiger partial charge is 0.103 e. The molecule has 0 aromatic carbocycles. The van der Waals surface area contributed by atoms with Crippen molar-refractivity contribution >= 4 is 0 Å². The molecule has 4 saturated carbocycles. The minimum absolute atomic E-state index is 0.00637. The van der Waals surface area contributed by atoms with Gasteiger partial charge in [0.1, 0.15) is 5.60 Å². The third kappa shape index (κ3) is 1.79. The minimum Gasteiger partial charge on any atom is -0.365 e. The second-order valence-corrected chi connectivity index (χ2v) is 10.1. The Balaban J connectivity index is 1.45. The largest absolute Gasteiger partial charge is 0.365 e. The standard InChI is InChI=1S/C20H32O4/c1-12-4-5-15-14-10-17-20(22-17)11-13(23-24-21)6-9-19(20,3)16(14)7-8-18(12,15)2/h12-17,21H,4-11H2,1-3H3/t12-,13-,14?,15?,16?,17+,18+,19+,20+/m0/s1. The van der Waals surface area contributed by atoms with Gasteiger partial charge >= 0.3 is 0 Å². The van der Waals surface area contributed by atoms with Crippen LogP contribution in [0.25, 0.3) is 0 Å². The molecule has 0 amide bonds. The molecule has 24 heavy (non-hydrogen) atoms. The second kappa shape index (κ2) is 4.97. The van der Waals surface area contributed by atoms with Crippen LogP contribution in [0.5, 0.6) is 0 Å². The maximum Gasteiger partial charge on any atom is 0.103 e. The van der Waals surface area contributed by atoms with E-state index >= 15 is 0 Å². The fourth-order valence-corrected chi connectivity index (χ4v) is 8.05.